The number of fused-ring (bicyclic) bond motifs is 1. The second kappa shape index (κ2) is 4.84. The number of aryl methyl sites for hydroxylation is 1. The normalized spacial score (nSPS) is 15.5. The fourth-order valence-electron chi connectivity index (χ4n) is 1.89. The first kappa shape index (κ1) is 10.7. The third-order valence-corrected chi connectivity index (χ3v) is 4.00. The molecule has 1 nitrogen and oxygen atoms in total. The van der Waals surface area contributed by atoms with E-state index in [0.717, 1.165) is 12.0 Å². The molecule has 0 aliphatic carbocycles. The van der Waals surface area contributed by atoms with Crippen molar-refractivity contribution >= 4 is 17.5 Å². The molecule has 0 saturated carbocycles. The molecule has 0 radical (unpaired) electrons. The van der Waals surface area contributed by atoms with Gasteiger partial charge in [-0.3, -0.25) is 4.79 Å². The van der Waals surface area contributed by atoms with Gasteiger partial charge in [-0.15, -0.1) is 11.8 Å². The third-order valence-electron chi connectivity index (χ3n) is 2.80. The van der Waals surface area contributed by atoms with Crippen LogP contribution in [0.1, 0.15) is 42.1 Å². The molecular formula is C13H16OS. The first-order chi connectivity index (χ1) is 7.31. The number of benzene rings is 1. The lowest BCUT2D eigenvalue weighted by Gasteiger charge is -2.06. The van der Waals surface area contributed by atoms with Crippen LogP contribution in [0.3, 0.4) is 0 Å². The number of ketones is 1. The van der Waals surface area contributed by atoms with Crippen LogP contribution in [0.5, 0.6) is 0 Å². The quantitative estimate of drug-likeness (QED) is 0.707. The second-order valence-corrected chi connectivity index (χ2v) is 5.04. The van der Waals surface area contributed by atoms with Crippen molar-refractivity contribution in [2.24, 2.45) is 0 Å². The maximum atomic E-state index is 11.6. The van der Waals surface area contributed by atoms with Crippen LogP contribution in [-0.4, -0.2) is 11.5 Å². The molecule has 0 unspecified atom stereocenters. The van der Waals surface area contributed by atoms with Crippen LogP contribution >= 0.6 is 11.8 Å². The number of carbonyl (C=O) groups is 1. The van der Waals surface area contributed by atoms with Gasteiger partial charge in [0.1, 0.15) is 0 Å². The molecule has 1 aromatic carbocycles. The highest BCUT2D eigenvalue weighted by atomic mass is 32.2. The highest BCUT2D eigenvalue weighted by Gasteiger charge is 2.11. The van der Waals surface area contributed by atoms with E-state index in [0.29, 0.717) is 6.42 Å². The number of carbonyl (C=O) groups excluding carboxylic acids is 1. The number of thioether (sulfide) groups is 1. The molecule has 1 aliphatic rings. The molecule has 0 amide bonds. The first-order valence-electron chi connectivity index (χ1n) is 5.60. The number of rotatable bonds is 2. The molecule has 15 heavy (non-hydrogen) atoms. The smallest absolute Gasteiger partial charge is 0.162 e. The van der Waals surface area contributed by atoms with Crippen molar-refractivity contribution < 1.29 is 4.79 Å². The van der Waals surface area contributed by atoms with Gasteiger partial charge in [-0.05, 0) is 42.7 Å². The molecule has 0 atom stereocenters. The Hall–Kier alpha value is -0.760. The number of Topliss-reactive ketones (excluding diaryl/α,β-unsaturated/α-hetero) is 1. The van der Waals surface area contributed by atoms with E-state index >= 15 is 0 Å². The van der Waals surface area contributed by atoms with E-state index in [-0.39, 0.29) is 5.78 Å². The van der Waals surface area contributed by atoms with Crippen molar-refractivity contribution in [3.05, 3.63) is 29.3 Å². The Morgan fingerprint density at radius 1 is 1.40 bits per heavy atom. The Morgan fingerprint density at radius 2 is 2.27 bits per heavy atom. The average Bonchev–Trinajstić information content (AvgIpc) is 2.51. The van der Waals surface area contributed by atoms with E-state index in [1.165, 1.54) is 29.1 Å². The number of hydrogen-bond acceptors (Lipinski definition) is 2. The van der Waals surface area contributed by atoms with Crippen LogP contribution in [0.15, 0.2) is 23.1 Å². The van der Waals surface area contributed by atoms with Crippen molar-refractivity contribution in [1.82, 2.24) is 0 Å². The molecule has 80 valence electrons. The van der Waals surface area contributed by atoms with Crippen LogP contribution < -0.4 is 0 Å². The van der Waals surface area contributed by atoms with Crippen molar-refractivity contribution in [3.8, 4) is 0 Å². The van der Waals surface area contributed by atoms with E-state index in [4.69, 9.17) is 0 Å². The molecule has 0 fully saturated rings. The van der Waals surface area contributed by atoms with Crippen molar-refractivity contribution in [3.63, 3.8) is 0 Å². The van der Waals surface area contributed by atoms with Crippen LogP contribution in [0.25, 0.3) is 0 Å². The maximum Gasteiger partial charge on any atom is 0.162 e. The highest BCUT2D eigenvalue weighted by Crippen LogP contribution is 2.29. The van der Waals surface area contributed by atoms with Gasteiger partial charge in [-0.25, -0.2) is 0 Å². The lowest BCUT2D eigenvalue weighted by molar-refractivity contribution is 0.0988. The fraction of sp³-hybridized carbons (Fsp3) is 0.462. The zero-order valence-electron chi connectivity index (χ0n) is 9.08. The summed E-state index contributed by atoms with van der Waals surface area (Å²) in [5.41, 5.74) is 2.26. The van der Waals surface area contributed by atoms with Gasteiger partial charge >= 0.3 is 0 Å². The van der Waals surface area contributed by atoms with Crippen LogP contribution in [-0.2, 0) is 6.42 Å². The molecule has 0 bridgehead atoms. The predicted molar refractivity (Wildman–Crippen MR) is 64.7 cm³/mol. The van der Waals surface area contributed by atoms with Gasteiger partial charge in [-0.1, -0.05) is 13.0 Å². The average molecular weight is 220 g/mol. The Bertz CT molecular complexity index is 371. The summed E-state index contributed by atoms with van der Waals surface area (Å²) < 4.78 is 0. The SMILES string of the molecule is CCC(=O)c1ccc2c(c1)CCCCS2. The van der Waals surface area contributed by atoms with E-state index in [1.54, 1.807) is 0 Å². The number of hydrogen-bond donors (Lipinski definition) is 0. The molecule has 0 N–H and O–H groups in total. The monoisotopic (exact) mass is 220 g/mol. The Balaban J connectivity index is 2.31. The largest absolute Gasteiger partial charge is 0.294 e. The van der Waals surface area contributed by atoms with Crippen LogP contribution in [0, 0.1) is 0 Å². The highest BCUT2D eigenvalue weighted by molar-refractivity contribution is 7.99. The molecule has 2 rings (SSSR count). The van der Waals surface area contributed by atoms with E-state index in [9.17, 15) is 4.79 Å². The van der Waals surface area contributed by atoms with E-state index in [1.807, 2.05) is 24.8 Å². The predicted octanol–water partition coefficient (Wildman–Crippen LogP) is 3.71. The standard InChI is InChI=1S/C13H16OS/c1-2-12(14)10-6-7-13-11(9-10)5-3-4-8-15-13/h6-7,9H,2-5,8H2,1H3. The third kappa shape index (κ3) is 2.43. The zero-order chi connectivity index (χ0) is 10.7. The van der Waals surface area contributed by atoms with Crippen molar-refractivity contribution in [2.45, 2.75) is 37.5 Å². The van der Waals surface area contributed by atoms with Crippen LogP contribution in [0.2, 0.25) is 0 Å². The Morgan fingerprint density at radius 3 is 3.07 bits per heavy atom. The molecule has 2 heteroatoms. The second-order valence-electron chi connectivity index (χ2n) is 3.90. The molecule has 0 saturated heterocycles. The summed E-state index contributed by atoms with van der Waals surface area (Å²) >= 11 is 1.93. The van der Waals surface area contributed by atoms with Crippen molar-refractivity contribution in [1.29, 1.82) is 0 Å². The molecule has 0 aromatic heterocycles. The summed E-state index contributed by atoms with van der Waals surface area (Å²) in [5.74, 6) is 1.47. The lowest BCUT2D eigenvalue weighted by Crippen LogP contribution is -1.98. The molecular weight excluding hydrogens is 204 g/mol. The van der Waals surface area contributed by atoms with Gasteiger partial charge in [0.05, 0.1) is 0 Å². The summed E-state index contributed by atoms with van der Waals surface area (Å²) in [6.07, 6.45) is 4.28. The first-order valence-corrected chi connectivity index (χ1v) is 6.58. The summed E-state index contributed by atoms with van der Waals surface area (Å²) in [7, 11) is 0. The summed E-state index contributed by atoms with van der Waals surface area (Å²) in [6.45, 7) is 1.92. The van der Waals surface area contributed by atoms with Gasteiger partial charge in [-0.2, -0.15) is 0 Å². The topological polar surface area (TPSA) is 17.1 Å². The van der Waals surface area contributed by atoms with Gasteiger partial charge in [0.15, 0.2) is 5.78 Å². The van der Waals surface area contributed by atoms with Gasteiger partial charge in [0.2, 0.25) is 0 Å². The molecule has 1 heterocycles. The lowest BCUT2D eigenvalue weighted by atomic mass is 10.0. The maximum absolute atomic E-state index is 11.6. The van der Waals surface area contributed by atoms with Gasteiger partial charge in [0, 0.05) is 16.9 Å². The molecule has 1 aliphatic heterocycles. The van der Waals surface area contributed by atoms with Gasteiger partial charge in [0.25, 0.3) is 0 Å². The summed E-state index contributed by atoms with van der Waals surface area (Å²) in [5, 5.41) is 0. The fourth-order valence-corrected chi connectivity index (χ4v) is 2.97. The zero-order valence-corrected chi connectivity index (χ0v) is 9.90. The van der Waals surface area contributed by atoms with Gasteiger partial charge < -0.3 is 0 Å². The minimum Gasteiger partial charge on any atom is -0.294 e. The van der Waals surface area contributed by atoms with E-state index in [2.05, 4.69) is 12.1 Å². The van der Waals surface area contributed by atoms with Crippen LogP contribution in [0.4, 0.5) is 0 Å². The summed E-state index contributed by atoms with van der Waals surface area (Å²) in [6, 6.07) is 6.19. The van der Waals surface area contributed by atoms with E-state index < -0.39 is 0 Å². The minimum atomic E-state index is 0.257. The molecule has 1 aromatic rings. The van der Waals surface area contributed by atoms with Crippen molar-refractivity contribution in [2.75, 3.05) is 5.75 Å². The Kier molecular flexibility index (Phi) is 3.47. The summed E-state index contributed by atoms with van der Waals surface area (Å²) in [4.78, 5) is 13.0. The minimum absolute atomic E-state index is 0.257. The molecule has 0 spiro atoms. The Labute approximate surface area is 95.3 Å².